The maximum Gasteiger partial charge on any atom is 0.279 e. The van der Waals surface area contributed by atoms with Crippen molar-refractivity contribution in [3.05, 3.63) is 27.8 Å². The van der Waals surface area contributed by atoms with Crippen LogP contribution in [-0.4, -0.2) is 25.5 Å². The fourth-order valence-corrected chi connectivity index (χ4v) is 2.04. The Labute approximate surface area is 110 Å². The van der Waals surface area contributed by atoms with Crippen molar-refractivity contribution in [2.24, 2.45) is 0 Å². The van der Waals surface area contributed by atoms with Crippen molar-refractivity contribution < 1.29 is 9.69 Å². The van der Waals surface area contributed by atoms with Gasteiger partial charge in [-0.15, -0.1) is 0 Å². The number of benzene rings is 1. The molecule has 2 N–H and O–H groups in total. The van der Waals surface area contributed by atoms with Gasteiger partial charge in [-0.05, 0) is 54.6 Å². The molecule has 0 aromatic heterocycles. The lowest BCUT2D eigenvalue weighted by Gasteiger charge is -2.14. The molecular weight excluding hydrogens is 315 g/mol. The average molecular weight is 333 g/mol. The van der Waals surface area contributed by atoms with E-state index in [1.54, 1.807) is 0 Å². The van der Waals surface area contributed by atoms with Gasteiger partial charge >= 0.3 is 0 Å². The van der Waals surface area contributed by atoms with Crippen LogP contribution >= 0.6 is 22.6 Å². The Kier molecular flexibility index (Phi) is 5.76. The molecule has 3 nitrogen and oxygen atoms in total. The number of likely N-dealkylation sites (N-methyl/N-ethyl adjacent to an activating group) is 1. The minimum atomic E-state index is 0.0840. The first-order chi connectivity index (χ1) is 7.65. The lowest BCUT2D eigenvalue weighted by molar-refractivity contribution is -0.888. The number of hydrogen-bond donors (Lipinski definition) is 2. The Balaban J connectivity index is 2.51. The first-order valence-electron chi connectivity index (χ1n) is 5.54. The molecule has 4 heteroatoms. The number of amides is 1. The fraction of sp³-hybridized carbons (Fsp3) is 0.417. The maximum atomic E-state index is 11.7. The number of carbonyl (C=O) groups is 1. The van der Waals surface area contributed by atoms with Gasteiger partial charge in [0.2, 0.25) is 0 Å². The summed E-state index contributed by atoms with van der Waals surface area (Å²) in [5, 5.41) is 2.92. The van der Waals surface area contributed by atoms with Crippen LogP contribution in [-0.2, 0) is 4.79 Å². The zero-order valence-corrected chi connectivity index (χ0v) is 11.9. The minimum absolute atomic E-state index is 0.0840. The minimum Gasteiger partial charge on any atom is -0.328 e. The SMILES string of the molecule is CC[NH+](CC)CC(=O)Nc1cccc(I)c1. The number of quaternary nitrogens is 1. The molecule has 0 saturated carbocycles. The van der Waals surface area contributed by atoms with Crippen molar-refractivity contribution in [3.8, 4) is 0 Å². The van der Waals surface area contributed by atoms with Gasteiger partial charge in [-0.2, -0.15) is 0 Å². The number of anilines is 1. The van der Waals surface area contributed by atoms with E-state index in [0.29, 0.717) is 6.54 Å². The maximum absolute atomic E-state index is 11.7. The largest absolute Gasteiger partial charge is 0.328 e. The van der Waals surface area contributed by atoms with Gasteiger partial charge in [0.05, 0.1) is 13.1 Å². The molecule has 0 fully saturated rings. The lowest BCUT2D eigenvalue weighted by Crippen LogP contribution is -3.12. The van der Waals surface area contributed by atoms with Crippen molar-refractivity contribution in [2.75, 3.05) is 25.0 Å². The molecule has 88 valence electrons. The molecule has 16 heavy (non-hydrogen) atoms. The zero-order chi connectivity index (χ0) is 12.0. The normalized spacial score (nSPS) is 10.5. The van der Waals surface area contributed by atoms with E-state index in [1.165, 1.54) is 4.90 Å². The molecule has 0 aliphatic heterocycles. The summed E-state index contributed by atoms with van der Waals surface area (Å²) >= 11 is 2.24. The Morgan fingerprint density at radius 2 is 2.06 bits per heavy atom. The lowest BCUT2D eigenvalue weighted by atomic mass is 10.3. The van der Waals surface area contributed by atoms with Gasteiger partial charge in [0.15, 0.2) is 6.54 Å². The average Bonchev–Trinajstić information content (AvgIpc) is 2.26. The molecule has 1 aromatic rings. The summed E-state index contributed by atoms with van der Waals surface area (Å²) in [6.45, 7) is 6.69. The van der Waals surface area contributed by atoms with Crippen molar-refractivity contribution in [2.45, 2.75) is 13.8 Å². The van der Waals surface area contributed by atoms with E-state index in [9.17, 15) is 4.79 Å². The summed E-state index contributed by atoms with van der Waals surface area (Å²) in [6, 6.07) is 7.83. The molecule has 0 heterocycles. The van der Waals surface area contributed by atoms with Gasteiger partial charge in [0, 0.05) is 9.26 Å². The third kappa shape index (κ3) is 4.49. The van der Waals surface area contributed by atoms with Crippen LogP contribution in [0.2, 0.25) is 0 Å². The van der Waals surface area contributed by atoms with Crippen LogP contribution < -0.4 is 10.2 Å². The summed E-state index contributed by atoms with van der Waals surface area (Å²) in [5.41, 5.74) is 0.878. The Morgan fingerprint density at radius 1 is 1.38 bits per heavy atom. The predicted octanol–water partition coefficient (Wildman–Crippen LogP) is 1.15. The van der Waals surface area contributed by atoms with Crippen molar-refractivity contribution in [1.29, 1.82) is 0 Å². The summed E-state index contributed by atoms with van der Waals surface area (Å²) in [6.07, 6.45) is 0. The van der Waals surface area contributed by atoms with Gasteiger partial charge in [0.25, 0.3) is 5.91 Å². The van der Waals surface area contributed by atoms with E-state index in [4.69, 9.17) is 0 Å². The van der Waals surface area contributed by atoms with Crippen LogP contribution in [0.1, 0.15) is 13.8 Å². The third-order valence-corrected chi connectivity index (χ3v) is 3.19. The number of rotatable bonds is 5. The van der Waals surface area contributed by atoms with E-state index in [-0.39, 0.29) is 5.91 Å². The smallest absolute Gasteiger partial charge is 0.279 e. The molecule has 1 aromatic carbocycles. The molecule has 0 radical (unpaired) electrons. The number of nitrogens with one attached hydrogen (secondary N) is 2. The quantitative estimate of drug-likeness (QED) is 0.779. The van der Waals surface area contributed by atoms with Gasteiger partial charge in [-0.3, -0.25) is 4.79 Å². The Bertz CT molecular complexity index is 351. The van der Waals surface area contributed by atoms with Crippen LogP contribution in [0.3, 0.4) is 0 Å². The highest BCUT2D eigenvalue weighted by atomic mass is 127. The van der Waals surface area contributed by atoms with Gasteiger partial charge in [0.1, 0.15) is 0 Å². The van der Waals surface area contributed by atoms with Crippen LogP contribution in [0.5, 0.6) is 0 Å². The number of hydrogen-bond acceptors (Lipinski definition) is 1. The second kappa shape index (κ2) is 6.85. The highest BCUT2D eigenvalue weighted by Crippen LogP contribution is 2.11. The molecule has 0 bridgehead atoms. The molecule has 1 rings (SSSR count). The van der Waals surface area contributed by atoms with Gasteiger partial charge in [-0.25, -0.2) is 0 Å². The number of halogens is 1. The highest BCUT2D eigenvalue weighted by Gasteiger charge is 2.10. The Hall–Kier alpha value is -0.620. The first-order valence-corrected chi connectivity index (χ1v) is 6.62. The predicted molar refractivity (Wildman–Crippen MR) is 74.7 cm³/mol. The van der Waals surface area contributed by atoms with Crippen molar-refractivity contribution >= 4 is 34.2 Å². The van der Waals surface area contributed by atoms with Gasteiger partial charge in [-0.1, -0.05) is 6.07 Å². The molecular formula is C12H18IN2O+. The second-order valence-electron chi connectivity index (χ2n) is 3.69. The van der Waals surface area contributed by atoms with E-state index in [2.05, 4.69) is 41.8 Å². The van der Waals surface area contributed by atoms with Crippen LogP contribution in [0, 0.1) is 3.57 Å². The molecule has 0 spiro atoms. The highest BCUT2D eigenvalue weighted by molar-refractivity contribution is 14.1. The van der Waals surface area contributed by atoms with E-state index in [0.717, 1.165) is 22.3 Å². The third-order valence-electron chi connectivity index (χ3n) is 2.52. The van der Waals surface area contributed by atoms with Crippen molar-refractivity contribution in [3.63, 3.8) is 0 Å². The monoisotopic (exact) mass is 333 g/mol. The number of carbonyl (C=O) groups excluding carboxylic acids is 1. The van der Waals surface area contributed by atoms with Crippen molar-refractivity contribution in [1.82, 2.24) is 0 Å². The first kappa shape index (κ1) is 13.4. The molecule has 0 unspecified atom stereocenters. The van der Waals surface area contributed by atoms with Crippen LogP contribution in [0.25, 0.3) is 0 Å². The summed E-state index contributed by atoms with van der Waals surface area (Å²) < 4.78 is 1.13. The van der Waals surface area contributed by atoms with Gasteiger partial charge < -0.3 is 10.2 Å². The van der Waals surface area contributed by atoms with E-state index < -0.39 is 0 Å². The molecule has 0 saturated heterocycles. The fourth-order valence-electron chi connectivity index (χ4n) is 1.50. The van der Waals surface area contributed by atoms with Crippen LogP contribution in [0.4, 0.5) is 5.69 Å². The zero-order valence-electron chi connectivity index (χ0n) is 9.72. The molecule has 1 amide bonds. The molecule has 0 aliphatic carbocycles. The van der Waals surface area contributed by atoms with E-state index >= 15 is 0 Å². The summed E-state index contributed by atoms with van der Waals surface area (Å²) in [4.78, 5) is 13.0. The van der Waals surface area contributed by atoms with E-state index in [1.807, 2.05) is 24.3 Å². The summed E-state index contributed by atoms with van der Waals surface area (Å²) in [7, 11) is 0. The second-order valence-corrected chi connectivity index (χ2v) is 4.94. The standard InChI is InChI=1S/C12H17IN2O/c1-3-15(4-2)9-12(16)14-11-7-5-6-10(13)8-11/h5-8H,3-4,9H2,1-2H3,(H,14,16)/p+1. The topological polar surface area (TPSA) is 33.5 Å². The Morgan fingerprint density at radius 3 is 2.62 bits per heavy atom. The van der Waals surface area contributed by atoms with Crippen LogP contribution in [0.15, 0.2) is 24.3 Å². The molecule has 0 aliphatic rings. The summed E-state index contributed by atoms with van der Waals surface area (Å²) in [5.74, 6) is 0.0840. The molecule has 0 atom stereocenters.